The number of hydrogen-bond donors (Lipinski definition) is 1. The van der Waals surface area contributed by atoms with E-state index in [4.69, 9.17) is 5.11 Å². The molecule has 0 aliphatic carbocycles. The fourth-order valence-electron chi connectivity index (χ4n) is 1.79. The van der Waals surface area contributed by atoms with E-state index in [1.54, 1.807) is 11.8 Å². The van der Waals surface area contributed by atoms with Crippen molar-refractivity contribution in [1.29, 1.82) is 0 Å². The molecule has 7 nitrogen and oxygen atoms in total. The van der Waals surface area contributed by atoms with Gasteiger partial charge in [-0.25, -0.2) is 4.98 Å². The van der Waals surface area contributed by atoms with Crippen LogP contribution in [0.1, 0.15) is 19.4 Å². The van der Waals surface area contributed by atoms with Crippen LogP contribution in [0.25, 0.3) is 0 Å². The van der Waals surface area contributed by atoms with Gasteiger partial charge in [0, 0.05) is 12.1 Å². The average Bonchev–Trinajstić information content (AvgIpc) is 2.30. The SMILES string of the molecule is Cc1c([N+](=O)[O-])cnc(N(CC(=O)O)CC(C)C)c1Br. The second-order valence-corrected chi connectivity index (χ2v) is 5.62. The summed E-state index contributed by atoms with van der Waals surface area (Å²) in [5.74, 6) is -0.335. The lowest BCUT2D eigenvalue weighted by Crippen LogP contribution is -2.34. The molecule has 0 atom stereocenters. The topological polar surface area (TPSA) is 96.6 Å². The summed E-state index contributed by atoms with van der Waals surface area (Å²) < 4.78 is 0.452. The number of carboxylic acid groups (broad SMARTS) is 1. The zero-order chi connectivity index (χ0) is 15.4. The van der Waals surface area contributed by atoms with Gasteiger partial charge in [-0.3, -0.25) is 14.9 Å². The highest BCUT2D eigenvalue weighted by molar-refractivity contribution is 9.10. The molecule has 1 rings (SSSR count). The Bertz CT molecular complexity index is 534. The lowest BCUT2D eigenvalue weighted by atomic mass is 10.2. The number of anilines is 1. The van der Waals surface area contributed by atoms with Gasteiger partial charge in [0.05, 0.1) is 9.40 Å². The molecule has 1 N–H and O–H groups in total. The maximum atomic E-state index is 10.9. The van der Waals surface area contributed by atoms with Crippen molar-refractivity contribution in [3.05, 3.63) is 26.3 Å². The number of halogens is 1. The molecule has 0 saturated carbocycles. The van der Waals surface area contributed by atoms with Gasteiger partial charge < -0.3 is 10.0 Å². The summed E-state index contributed by atoms with van der Waals surface area (Å²) in [6.45, 7) is 5.81. The van der Waals surface area contributed by atoms with Crippen molar-refractivity contribution in [2.24, 2.45) is 5.92 Å². The van der Waals surface area contributed by atoms with Crippen LogP contribution in [0.3, 0.4) is 0 Å². The molecule has 0 radical (unpaired) electrons. The van der Waals surface area contributed by atoms with Crippen LogP contribution >= 0.6 is 15.9 Å². The van der Waals surface area contributed by atoms with E-state index in [2.05, 4.69) is 20.9 Å². The van der Waals surface area contributed by atoms with Crippen molar-refractivity contribution in [3.8, 4) is 0 Å². The molecule has 0 bridgehead atoms. The number of nitro groups is 1. The second-order valence-electron chi connectivity index (χ2n) is 4.83. The molecule has 0 spiro atoms. The zero-order valence-corrected chi connectivity index (χ0v) is 13.0. The first-order valence-corrected chi connectivity index (χ1v) is 6.79. The Kier molecular flexibility index (Phi) is 5.43. The lowest BCUT2D eigenvalue weighted by Gasteiger charge is -2.25. The molecule has 1 aromatic rings. The molecule has 20 heavy (non-hydrogen) atoms. The Labute approximate surface area is 124 Å². The smallest absolute Gasteiger partial charge is 0.323 e. The van der Waals surface area contributed by atoms with Crippen LogP contribution in [-0.2, 0) is 4.79 Å². The number of carboxylic acids is 1. The van der Waals surface area contributed by atoms with Crippen LogP contribution in [0.2, 0.25) is 0 Å². The minimum atomic E-state index is -0.977. The highest BCUT2D eigenvalue weighted by Gasteiger charge is 2.22. The second kappa shape index (κ2) is 6.65. The Morgan fingerprint density at radius 1 is 1.60 bits per heavy atom. The first-order chi connectivity index (χ1) is 9.23. The highest BCUT2D eigenvalue weighted by atomic mass is 79.9. The Hall–Kier alpha value is -1.70. The fourth-order valence-corrected chi connectivity index (χ4v) is 2.35. The third-order valence-corrected chi connectivity index (χ3v) is 3.58. The third-order valence-electron chi connectivity index (χ3n) is 2.63. The number of aliphatic carboxylic acids is 1. The van der Waals surface area contributed by atoms with E-state index in [9.17, 15) is 14.9 Å². The van der Waals surface area contributed by atoms with Gasteiger partial charge in [0.1, 0.15) is 18.6 Å². The van der Waals surface area contributed by atoms with Gasteiger partial charge in [-0.15, -0.1) is 0 Å². The number of nitrogens with zero attached hydrogens (tertiary/aromatic N) is 3. The van der Waals surface area contributed by atoms with E-state index >= 15 is 0 Å². The van der Waals surface area contributed by atoms with E-state index in [1.165, 1.54) is 0 Å². The van der Waals surface area contributed by atoms with Gasteiger partial charge >= 0.3 is 5.97 Å². The first kappa shape index (κ1) is 16.4. The monoisotopic (exact) mass is 345 g/mol. The largest absolute Gasteiger partial charge is 0.480 e. The van der Waals surface area contributed by atoms with E-state index < -0.39 is 10.9 Å². The zero-order valence-electron chi connectivity index (χ0n) is 11.5. The maximum absolute atomic E-state index is 10.9. The molecular formula is C12H16BrN3O4. The quantitative estimate of drug-likeness (QED) is 0.628. The van der Waals surface area contributed by atoms with Crippen molar-refractivity contribution in [1.82, 2.24) is 4.98 Å². The van der Waals surface area contributed by atoms with Crippen LogP contribution in [0.5, 0.6) is 0 Å². The first-order valence-electron chi connectivity index (χ1n) is 6.00. The van der Waals surface area contributed by atoms with Crippen LogP contribution < -0.4 is 4.90 Å². The standard InChI is InChI=1S/C12H16BrN3O4/c1-7(2)5-15(6-10(17)18)12-11(13)8(3)9(4-14-12)16(19)20/h4,7H,5-6H2,1-3H3,(H,17,18). The van der Waals surface area contributed by atoms with Gasteiger partial charge in [0.25, 0.3) is 5.69 Å². The van der Waals surface area contributed by atoms with Gasteiger partial charge in [-0.1, -0.05) is 13.8 Å². The summed E-state index contributed by atoms with van der Waals surface area (Å²) >= 11 is 3.28. The van der Waals surface area contributed by atoms with Gasteiger partial charge in [-0.05, 0) is 28.8 Å². The van der Waals surface area contributed by atoms with Gasteiger partial charge in [-0.2, -0.15) is 0 Å². The van der Waals surface area contributed by atoms with Gasteiger partial charge in [0.2, 0.25) is 0 Å². The molecule has 0 fully saturated rings. The fraction of sp³-hybridized carbons (Fsp3) is 0.500. The molecule has 1 heterocycles. The predicted octanol–water partition coefficient (Wildman–Crippen LogP) is 2.61. The molecule has 1 aromatic heterocycles. The summed E-state index contributed by atoms with van der Waals surface area (Å²) in [6, 6.07) is 0. The number of carbonyl (C=O) groups is 1. The van der Waals surface area contributed by atoms with E-state index in [-0.39, 0.29) is 18.2 Å². The molecule has 0 saturated heterocycles. The Morgan fingerprint density at radius 2 is 2.20 bits per heavy atom. The van der Waals surface area contributed by atoms with Gasteiger partial charge in [0.15, 0.2) is 0 Å². The van der Waals surface area contributed by atoms with Crippen molar-refractivity contribution in [2.75, 3.05) is 18.0 Å². The summed E-state index contributed by atoms with van der Waals surface area (Å²) in [4.78, 5) is 26.9. The molecule has 0 aliphatic rings. The Balaban J connectivity index is 3.23. The van der Waals surface area contributed by atoms with E-state index in [0.717, 1.165) is 6.20 Å². The van der Waals surface area contributed by atoms with Crippen molar-refractivity contribution in [3.63, 3.8) is 0 Å². The maximum Gasteiger partial charge on any atom is 0.323 e. The van der Waals surface area contributed by atoms with Crippen molar-refractivity contribution in [2.45, 2.75) is 20.8 Å². The van der Waals surface area contributed by atoms with Crippen LogP contribution in [0.4, 0.5) is 11.5 Å². The number of aromatic nitrogens is 1. The summed E-state index contributed by atoms with van der Waals surface area (Å²) in [5, 5.41) is 19.8. The molecule has 0 aliphatic heterocycles. The molecule has 0 aromatic carbocycles. The average molecular weight is 346 g/mol. The van der Waals surface area contributed by atoms with Crippen LogP contribution in [0.15, 0.2) is 10.7 Å². The Morgan fingerprint density at radius 3 is 2.65 bits per heavy atom. The normalized spacial score (nSPS) is 10.7. The van der Waals surface area contributed by atoms with Crippen LogP contribution in [-0.4, -0.2) is 34.1 Å². The summed E-state index contributed by atoms with van der Waals surface area (Å²) in [6.07, 6.45) is 1.16. The van der Waals surface area contributed by atoms with Crippen molar-refractivity contribution < 1.29 is 14.8 Å². The molecule has 0 unspecified atom stereocenters. The summed E-state index contributed by atoms with van der Waals surface area (Å²) in [5.41, 5.74) is 0.333. The minimum absolute atomic E-state index is 0.0968. The molecule has 110 valence electrons. The van der Waals surface area contributed by atoms with E-state index in [1.807, 2.05) is 13.8 Å². The summed E-state index contributed by atoms with van der Waals surface area (Å²) in [7, 11) is 0. The predicted molar refractivity (Wildman–Crippen MR) is 78.0 cm³/mol. The molecule has 8 heteroatoms. The minimum Gasteiger partial charge on any atom is -0.480 e. The highest BCUT2D eigenvalue weighted by Crippen LogP contribution is 2.32. The van der Waals surface area contributed by atoms with E-state index in [0.29, 0.717) is 22.4 Å². The number of pyridine rings is 1. The molecular weight excluding hydrogens is 330 g/mol. The number of hydrogen-bond acceptors (Lipinski definition) is 5. The van der Waals surface area contributed by atoms with Crippen LogP contribution in [0, 0.1) is 23.0 Å². The molecule has 0 amide bonds. The number of rotatable bonds is 6. The third kappa shape index (κ3) is 3.89. The lowest BCUT2D eigenvalue weighted by molar-refractivity contribution is -0.385. The van der Waals surface area contributed by atoms with Crippen molar-refractivity contribution >= 4 is 33.4 Å².